The number of likely N-dealkylation sites (tertiary alicyclic amines) is 1. The third-order valence-electron chi connectivity index (χ3n) is 3.45. The molecule has 2 heterocycles. The Morgan fingerprint density at radius 2 is 1.29 bits per heavy atom. The molecule has 0 saturated carbocycles. The van der Waals surface area contributed by atoms with E-state index in [1.807, 2.05) is 9.80 Å². The molecule has 0 unspecified atom stereocenters. The van der Waals surface area contributed by atoms with E-state index in [2.05, 4.69) is 0 Å². The zero-order chi connectivity index (χ0) is 12.3. The molecule has 6 heteroatoms. The highest BCUT2D eigenvalue weighted by atomic mass is 16.2. The maximum Gasteiger partial charge on any atom is 0.320 e. The summed E-state index contributed by atoms with van der Waals surface area (Å²) in [5.74, 6) is -0.0294. The fourth-order valence-electron chi connectivity index (χ4n) is 2.38. The zero-order valence-electron chi connectivity index (χ0n) is 10.1. The summed E-state index contributed by atoms with van der Waals surface area (Å²) in [6.07, 6.45) is 2.22. The Kier molecular flexibility index (Phi) is 3.83. The smallest absolute Gasteiger partial charge is 0.320 e. The Morgan fingerprint density at radius 3 is 1.82 bits per heavy atom. The predicted molar refractivity (Wildman–Crippen MR) is 63.4 cm³/mol. The number of hydrogen-bond donors (Lipinski definition) is 1. The van der Waals surface area contributed by atoms with Crippen molar-refractivity contribution in [2.75, 3.05) is 45.8 Å². The van der Waals surface area contributed by atoms with Crippen LogP contribution in [0.15, 0.2) is 0 Å². The molecule has 0 aromatic rings. The van der Waals surface area contributed by atoms with Gasteiger partial charge in [0, 0.05) is 39.3 Å². The summed E-state index contributed by atoms with van der Waals surface area (Å²) in [6, 6.07) is 0.127. The first-order valence-corrected chi connectivity index (χ1v) is 6.24. The predicted octanol–water partition coefficient (Wildman–Crippen LogP) is -0.695. The standard InChI is InChI=1S/C11H20N4O2/c12-9-10(16)13-5-7-15(8-6-13)11(17)14-3-1-2-4-14/h1-9,12H2. The molecule has 17 heavy (non-hydrogen) atoms. The Hall–Kier alpha value is -1.30. The van der Waals surface area contributed by atoms with Gasteiger partial charge in [-0.2, -0.15) is 0 Å². The van der Waals surface area contributed by atoms with Crippen LogP contribution < -0.4 is 5.73 Å². The molecule has 2 saturated heterocycles. The highest BCUT2D eigenvalue weighted by Crippen LogP contribution is 2.12. The van der Waals surface area contributed by atoms with Crippen LogP contribution in [-0.2, 0) is 4.79 Å². The molecule has 0 radical (unpaired) electrons. The van der Waals surface area contributed by atoms with Crippen LogP contribution in [0.5, 0.6) is 0 Å². The van der Waals surface area contributed by atoms with E-state index in [9.17, 15) is 9.59 Å². The molecule has 0 atom stereocenters. The Labute approximate surface area is 101 Å². The number of urea groups is 1. The van der Waals surface area contributed by atoms with Crippen LogP contribution in [0.2, 0.25) is 0 Å². The topological polar surface area (TPSA) is 69.9 Å². The normalized spacial score (nSPS) is 20.9. The first kappa shape index (κ1) is 12.2. The number of carbonyl (C=O) groups excluding carboxylic acids is 2. The van der Waals surface area contributed by atoms with E-state index in [-0.39, 0.29) is 18.5 Å². The van der Waals surface area contributed by atoms with Crippen LogP contribution >= 0.6 is 0 Å². The molecule has 0 aromatic carbocycles. The summed E-state index contributed by atoms with van der Waals surface area (Å²) in [7, 11) is 0. The molecule has 2 rings (SSSR count). The van der Waals surface area contributed by atoms with Crippen molar-refractivity contribution >= 4 is 11.9 Å². The molecule has 0 spiro atoms. The maximum atomic E-state index is 12.1. The summed E-state index contributed by atoms with van der Waals surface area (Å²) in [5, 5.41) is 0. The SMILES string of the molecule is NCC(=O)N1CCN(C(=O)N2CCCC2)CC1. The van der Waals surface area contributed by atoms with Gasteiger partial charge in [-0.25, -0.2) is 4.79 Å². The van der Waals surface area contributed by atoms with Gasteiger partial charge in [0.15, 0.2) is 0 Å². The van der Waals surface area contributed by atoms with Crippen LogP contribution in [0.4, 0.5) is 4.79 Å². The van der Waals surface area contributed by atoms with Gasteiger partial charge in [0.1, 0.15) is 0 Å². The van der Waals surface area contributed by atoms with E-state index in [4.69, 9.17) is 5.73 Å². The molecule has 3 amide bonds. The molecule has 2 N–H and O–H groups in total. The Bertz CT molecular complexity index is 294. The summed E-state index contributed by atoms with van der Waals surface area (Å²) >= 11 is 0. The van der Waals surface area contributed by atoms with Gasteiger partial charge < -0.3 is 20.4 Å². The van der Waals surface area contributed by atoms with Gasteiger partial charge in [0.25, 0.3) is 0 Å². The average molecular weight is 240 g/mol. The first-order chi connectivity index (χ1) is 8.22. The Morgan fingerprint density at radius 1 is 0.824 bits per heavy atom. The van der Waals surface area contributed by atoms with E-state index < -0.39 is 0 Å². The van der Waals surface area contributed by atoms with Gasteiger partial charge in [-0.3, -0.25) is 4.79 Å². The van der Waals surface area contributed by atoms with Gasteiger partial charge in [0.05, 0.1) is 6.54 Å². The molecule has 0 aromatic heterocycles. The summed E-state index contributed by atoms with van der Waals surface area (Å²) in [4.78, 5) is 28.9. The monoisotopic (exact) mass is 240 g/mol. The number of nitrogens with two attached hydrogens (primary N) is 1. The van der Waals surface area contributed by atoms with Crippen molar-refractivity contribution < 1.29 is 9.59 Å². The maximum absolute atomic E-state index is 12.1. The van der Waals surface area contributed by atoms with Crippen LogP contribution in [0.25, 0.3) is 0 Å². The summed E-state index contributed by atoms with van der Waals surface area (Å²) in [6.45, 7) is 4.27. The van der Waals surface area contributed by atoms with Crippen molar-refractivity contribution in [3.05, 3.63) is 0 Å². The fourth-order valence-corrected chi connectivity index (χ4v) is 2.38. The fraction of sp³-hybridized carbons (Fsp3) is 0.818. The van der Waals surface area contributed by atoms with Gasteiger partial charge in [-0.1, -0.05) is 0 Å². The number of hydrogen-bond acceptors (Lipinski definition) is 3. The van der Waals surface area contributed by atoms with Crippen molar-refractivity contribution in [1.82, 2.24) is 14.7 Å². The van der Waals surface area contributed by atoms with Crippen molar-refractivity contribution in [3.63, 3.8) is 0 Å². The third kappa shape index (κ3) is 2.69. The Balaban J connectivity index is 1.82. The largest absolute Gasteiger partial charge is 0.338 e. The number of amides is 3. The van der Waals surface area contributed by atoms with Gasteiger partial charge in [-0.05, 0) is 12.8 Å². The zero-order valence-corrected chi connectivity index (χ0v) is 10.1. The van der Waals surface area contributed by atoms with E-state index in [0.29, 0.717) is 26.2 Å². The minimum atomic E-state index is -0.0294. The van der Waals surface area contributed by atoms with E-state index in [0.717, 1.165) is 25.9 Å². The lowest BCUT2D eigenvalue weighted by Gasteiger charge is -2.36. The summed E-state index contributed by atoms with van der Waals surface area (Å²) in [5.41, 5.74) is 5.32. The molecule has 2 fully saturated rings. The lowest BCUT2D eigenvalue weighted by molar-refractivity contribution is -0.131. The second-order valence-electron chi connectivity index (χ2n) is 4.55. The van der Waals surface area contributed by atoms with Crippen molar-refractivity contribution in [3.8, 4) is 0 Å². The second-order valence-corrected chi connectivity index (χ2v) is 4.55. The average Bonchev–Trinajstić information content (AvgIpc) is 2.91. The van der Waals surface area contributed by atoms with Crippen molar-refractivity contribution in [2.24, 2.45) is 5.73 Å². The molecule has 6 nitrogen and oxygen atoms in total. The molecule has 2 aliphatic rings. The molecule has 2 aliphatic heterocycles. The quantitative estimate of drug-likeness (QED) is 0.659. The molecular formula is C11H20N4O2. The van der Waals surface area contributed by atoms with E-state index in [1.54, 1.807) is 4.90 Å². The molecule has 0 aliphatic carbocycles. The minimum absolute atomic E-state index is 0.0294. The van der Waals surface area contributed by atoms with E-state index in [1.165, 1.54) is 0 Å². The first-order valence-electron chi connectivity index (χ1n) is 6.24. The number of nitrogens with zero attached hydrogens (tertiary/aromatic N) is 3. The second kappa shape index (κ2) is 5.35. The number of rotatable bonds is 1. The minimum Gasteiger partial charge on any atom is -0.338 e. The number of piperazine rings is 1. The van der Waals surface area contributed by atoms with Crippen LogP contribution in [0.1, 0.15) is 12.8 Å². The van der Waals surface area contributed by atoms with Gasteiger partial charge >= 0.3 is 6.03 Å². The molecular weight excluding hydrogens is 220 g/mol. The lowest BCUT2D eigenvalue weighted by atomic mass is 10.3. The van der Waals surface area contributed by atoms with E-state index >= 15 is 0 Å². The summed E-state index contributed by atoms with van der Waals surface area (Å²) < 4.78 is 0. The lowest BCUT2D eigenvalue weighted by Crippen LogP contribution is -2.54. The van der Waals surface area contributed by atoms with Gasteiger partial charge in [-0.15, -0.1) is 0 Å². The molecule has 0 bridgehead atoms. The van der Waals surface area contributed by atoms with Gasteiger partial charge in [0.2, 0.25) is 5.91 Å². The van der Waals surface area contributed by atoms with Crippen LogP contribution in [0, 0.1) is 0 Å². The highest BCUT2D eigenvalue weighted by molar-refractivity contribution is 5.79. The number of carbonyl (C=O) groups is 2. The highest BCUT2D eigenvalue weighted by Gasteiger charge is 2.27. The van der Waals surface area contributed by atoms with Crippen molar-refractivity contribution in [2.45, 2.75) is 12.8 Å². The van der Waals surface area contributed by atoms with Crippen LogP contribution in [0.3, 0.4) is 0 Å². The van der Waals surface area contributed by atoms with Crippen LogP contribution in [-0.4, -0.2) is 72.5 Å². The molecule has 96 valence electrons. The van der Waals surface area contributed by atoms with Crippen molar-refractivity contribution in [1.29, 1.82) is 0 Å². The third-order valence-corrected chi connectivity index (χ3v) is 3.45.